The predicted octanol–water partition coefficient (Wildman–Crippen LogP) is 17.9. The van der Waals surface area contributed by atoms with Crippen molar-refractivity contribution in [1.82, 2.24) is 5.32 Å². The number of aliphatic hydroxyl groups excluding tert-OH is 2. The molecule has 358 valence electrons. The molecule has 0 heterocycles. The van der Waals surface area contributed by atoms with E-state index in [0.29, 0.717) is 6.42 Å². The van der Waals surface area contributed by atoms with Gasteiger partial charge in [-0.15, -0.1) is 0 Å². The molecule has 2 atom stereocenters. The minimum Gasteiger partial charge on any atom is -0.394 e. The molecule has 4 nitrogen and oxygen atoms in total. The highest BCUT2D eigenvalue weighted by Gasteiger charge is 2.18. The first-order valence-electron chi connectivity index (χ1n) is 27.4. The van der Waals surface area contributed by atoms with Gasteiger partial charge in [0.15, 0.2) is 0 Å². The van der Waals surface area contributed by atoms with Crippen molar-refractivity contribution in [2.24, 2.45) is 0 Å². The predicted molar refractivity (Wildman–Crippen MR) is 271 cm³/mol. The Hall–Kier alpha value is -1.65. The van der Waals surface area contributed by atoms with Crippen molar-refractivity contribution in [3.63, 3.8) is 0 Å². The van der Waals surface area contributed by atoms with Crippen LogP contribution in [0.25, 0.3) is 0 Å². The maximum absolute atomic E-state index is 12.4. The number of hydrogen-bond donors (Lipinski definition) is 3. The molecule has 0 aliphatic heterocycles. The fourth-order valence-corrected chi connectivity index (χ4v) is 8.34. The second kappa shape index (κ2) is 52.7. The van der Waals surface area contributed by atoms with Crippen molar-refractivity contribution in [2.45, 2.75) is 302 Å². The van der Waals surface area contributed by atoms with Gasteiger partial charge >= 0.3 is 0 Å². The van der Waals surface area contributed by atoms with E-state index in [9.17, 15) is 15.0 Å². The molecule has 3 N–H and O–H groups in total. The number of aliphatic hydroxyl groups is 2. The quantitative estimate of drug-likeness (QED) is 0.0422. The van der Waals surface area contributed by atoms with Crippen LogP contribution >= 0.6 is 0 Å². The summed E-state index contributed by atoms with van der Waals surface area (Å²) in [4.78, 5) is 12.4. The Kier molecular flexibility index (Phi) is 51.3. The molecule has 0 spiro atoms. The number of unbranched alkanes of at least 4 members (excludes halogenated alkanes) is 37. The van der Waals surface area contributed by atoms with E-state index in [0.717, 1.165) is 38.5 Å². The monoisotopic (exact) mass is 854 g/mol. The van der Waals surface area contributed by atoms with Crippen molar-refractivity contribution >= 4 is 5.91 Å². The number of amides is 1. The Balaban J connectivity index is 3.43. The molecule has 0 radical (unpaired) electrons. The molecule has 0 aromatic rings. The minimum absolute atomic E-state index is 0.0729. The third-order valence-corrected chi connectivity index (χ3v) is 12.5. The Morgan fingerprint density at radius 1 is 0.393 bits per heavy atom. The summed E-state index contributed by atoms with van der Waals surface area (Å²) in [5, 5.41) is 23.0. The summed E-state index contributed by atoms with van der Waals surface area (Å²) in [5.74, 6) is -0.0729. The highest BCUT2D eigenvalue weighted by molar-refractivity contribution is 5.76. The molecule has 0 aromatic heterocycles. The average molecular weight is 854 g/mol. The molecule has 2 unspecified atom stereocenters. The van der Waals surface area contributed by atoms with Crippen molar-refractivity contribution < 1.29 is 15.0 Å². The van der Waals surface area contributed by atoms with Gasteiger partial charge in [-0.3, -0.25) is 4.79 Å². The first-order chi connectivity index (χ1) is 30.2. The number of hydrogen-bond acceptors (Lipinski definition) is 3. The Morgan fingerprint density at radius 2 is 0.689 bits per heavy atom. The highest BCUT2D eigenvalue weighted by Crippen LogP contribution is 2.16. The normalized spacial score (nSPS) is 13.2. The van der Waals surface area contributed by atoms with Gasteiger partial charge in [0.05, 0.1) is 18.8 Å². The van der Waals surface area contributed by atoms with Crippen LogP contribution in [-0.4, -0.2) is 34.9 Å². The van der Waals surface area contributed by atoms with E-state index < -0.39 is 12.1 Å². The molecule has 0 aliphatic carbocycles. The molecule has 0 rings (SSSR count). The van der Waals surface area contributed by atoms with Crippen LogP contribution in [0.5, 0.6) is 0 Å². The third-order valence-electron chi connectivity index (χ3n) is 12.5. The topological polar surface area (TPSA) is 69.6 Å². The van der Waals surface area contributed by atoms with Crippen molar-refractivity contribution in [2.75, 3.05) is 6.61 Å². The molecule has 0 aliphatic rings. The SMILES string of the molecule is CCCCCCCC/C=C/CC/C=C/C(O)C(CO)NC(=O)CCCCCCCCCCCCCCCCCCC/C=C\C/C=C\CCCCCCCCCCCCCCC. The Labute approximate surface area is 382 Å². The fourth-order valence-electron chi connectivity index (χ4n) is 8.34. The van der Waals surface area contributed by atoms with E-state index in [2.05, 4.69) is 55.6 Å². The Bertz CT molecular complexity index is 970. The van der Waals surface area contributed by atoms with Crippen LogP contribution in [0.4, 0.5) is 0 Å². The number of carbonyl (C=O) groups is 1. The first-order valence-corrected chi connectivity index (χ1v) is 27.4. The van der Waals surface area contributed by atoms with E-state index in [1.807, 2.05) is 6.08 Å². The Morgan fingerprint density at radius 3 is 1.05 bits per heavy atom. The lowest BCUT2D eigenvalue weighted by Crippen LogP contribution is -2.45. The maximum Gasteiger partial charge on any atom is 0.220 e. The van der Waals surface area contributed by atoms with Gasteiger partial charge in [0.1, 0.15) is 0 Å². The lowest BCUT2D eigenvalue weighted by Gasteiger charge is -2.19. The van der Waals surface area contributed by atoms with Gasteiger partial charge in [-0.25, -0.2) is 0 Å². The van der Waals surface area contributed by atoms with E-state index in [4.69, 9.17) is 0 Å². The zero-order chi connectivity index (χ0) is 44.2. The standard InChI is InChI=1S/C57H107NO3/c1-3-5-7-9-11-13-15-17-18-19-20-21-22-23-24-25-26-27-28-29-30-31-32-33-34-35-36-37-38-39-40-41-43-45-47-49-51-53-57(61)58-55(54-59)56(60)52-50-48-46-44-42-16-14-12-10-8-6-4-2/h24-25,27-28,42,44,50,52,55-56,59-60H,3-23,26,29-41,43,45-49,51,53-54H2,1-2H3,(H,58,61)/b25-24-,28-27-,44-42+,52-50+. The smallest absolute Gasteiger partial charge is 0.220 e. The van der Waals surface area contributed by atoms with Crippen LogP contribution < -0.4 is 5.32 Å². The highest BCUT2D eigenvalue weighted by atomic mass is 16.3. The summed E-state index contributed by atoms with van der Waals surface area (Å²) < 4.78 is 0. The van der Waals surface area contributed by atoms with Gasteiger partial charge < -0.3 is 15.5 Å². The number of nitrogens with one attached hydrogen (secondary N) is 1. The second-order valence-corrected chi connectivity index (χ2v) is 18.6. The van der Waals surface area contributed by atoms with Crippen molar-refractivity contribution in [1.29, 1.82) is 0 Å². The van der Waals surface area contributed by atoms with Crippen LogP contribution in [0, 0.1) is 0 Å². The lowest BCUT2D eigenvalue weighted by atomic mass is 10.0. The van der Waals surface area contributed by atoms with E-state index in [-0.39, 0.29) is 12.5 Å². The summed E-state index contributed by atoms with van der Waals surface area (Å²) in [5.41, 5.74) is 0. The number of rotatable bonds is 50. The number of carbonyl (C=O) groups excluding carboxylic acids is 1. The summed E-state index contributed by atoms with van der Waals surface area (Å²) >= 11 is 0. The fraction of sp³-hybridized carbons (Fsp3) is 0.842. The van der Waals surface area contributed by atoms with Crippen LogP contribution in [0.1, 0.15) is 290 Å². The maximum atomic E-state index is 12.4. The molecule has 1 amide bonds. The summed E-state index contributed by atoms with van der Waals surface area (Å²) in [6.07, 6.45) is 72.9. The summed E-state index contributed by atoms with van der Waals surface area (Å²) in [7, 11) is 0. The third kappa shape index (κ3) is 49.2. The summed E-state index contributed by atoms with van der Waals surface area (Å²) in [6, 6.07) is -0.638. The largest absolute Gasteiger partial charge is 0.394 e. The molecule has 0 bridgehead atoms. The van der Waals surface area contributed by atoms with Crippen LogP contribution in [0.2, 0.25) is 0 Å². The van der Waals surface area contributed by atoms with Crippen molar-refractivity contribution in [3.05, 3.63) is 48.6 Å². The zero-order valence-corrected chi connectivity index (χ0v) is 41.2. The van der Waals surface area contributed by atoms with Gasteiger partial charge in [0.25, 0.3) is 0 Å². The van der Waals surface area contributed by atoms with Crippen LogP contribution in [-0.2, 0) is 4.79 Å². The van der Waals surface area contributed by atoms with Gasteiger partial charge in [0.2, 0.25) is 5.91 Å². The van der Waals surface area contributed by atoms with Gasteiger partial charge in [0, 0.05) is 6.42 Å². The molecule has 0 aromatic carbocycles. The van der Waals surface area contributed by atoms with Gasteiger partial charge in [-0.2, -0.15) is 0 Å². The van der Waals surface area contributed by atoms with Crippen molar-refractivity contribution in [3.8, 4) is 0 Å². The van der Waals surface area contributed by atoms with E-state index in [1.54, 1.807) is 6.08 Å². The summed E-state index contributed by atoms with van der Waals surface area (Å²) in [6.45, 7) is 4.29. The molecule has 61 heavy (non-hydrogen) atoms. The number of allylic oxidation sites excluding steroid dienone is 7. The minimum atomic E-state index is -0.861. The average Bonchev–Trinajstić information content (AvgIpc) is 3.26. The van der Waals surface area contributed by atoms with E-state index >= 15 is 0 Å². The molecular weight excluding hydrogens is 747 g/mol. The van der Waals surface area contributed by atoms with Gasteiger partial charge in [-0.1, -0.05) is 268 Å². The van der Waals surface area contributed by atoms with Crippen LogP contribution in [0.3, 0.4) is 0 Å². The zero-order valence-electron chi connectivity index (χ0n) is 41.2. The van der Waals surface area contributed by atoms with Crippen LogP contribution in [0.15, 0.2) is 48.6 Å². The molecule has 0 saturated heterocycles. The second-order valence-electron chi connectivity index (χ2n) is 18.6. The molecule has 0 saturated carbocycles. The van der Waals surface area contributed by atoms with E-state index in [1.165, 1.54) is 231 Å². The molecular formula is C57H107NO3. The van der Waals surface area contributed by atoms with Gasteiger partial charge in [-0.05, 0) is 64.2 Å². The lowest BCUT2D eigenvalue weighted by molar-refractivity contribution is -0.123. The molecule has 0 fully saturated rings. The first kappa shape index (κ1) is 59.4. The molecule has 4 heteroatoms.